The number of carbonyl (C=O) groups excluding carboxylic acids is 1. The highest BCUT2D eigenvalue weighted by Crippen LogP contribution is 2.44. The topological polar surface area (TPSA) is 20.3 Å². The van der Waals surface area contributed by atoms with E-state index in [2.05, 4.69) is 85.8 Å². The molecule has 0 bridgehead atoms. The van der Waals surface area contributed by atoms with Crippen LogP contribution < -0.4 is 4.90 Å². The number of anilines is 1. The molecule has 0 spiro atoms. The van der Waals surface area contributed by atoms with Gasteiger partial charge in [-0.15, -0.1) is 0 Å². The van der Waals surface area contributed by atoms with Crippen LogP contribution in [0.15, 0.2) is 78.9 Å². The van der Waals surface area contributed by atoms with E-state index >= 15 is 0 Å². The Kier molecular flexibility index (Phi) is 4.12. The predicted molar refractivity (Wildman–Crippen MR) is 117 cm³/mol. The lowest BCUT2D eigenvalue weighted by Crippen LogP contribution is -2.37. The van der Waals surface area contributed by atoms with E-state index in [1.165, 1.54) is 32.7 Å². The average molecular weight is 365 g/mol. The maximum Gasteiger partial charge on any atom is 0.227 e. The zero-order chi connectivity index (χ0) is 19.1. The second-order valence-electron chi connectivity index (χ2n) is 7.63. The highest BCUT2D eigenvalue weighted by molar-refractivity contribution is 6.03. The number of nitrogens with zero attached hydrogens (tertiary/aromatic N) is 1. The maximum absolute atomic E-state index is 13.1. The number of hydrogen-bond acceptors (Lipinski definition) is 1. The van der Waals surface area contributed by atoms with Gasteiger partial charge >= 0.3 is 0 Å². The van der Waals surface area contributed by atoms with Gasteiger partial charge in [0.1, 0.15) is 0 Å². The van der Waals surface area contributed by atoms with E-state index in [0.29, 0.717) is 6.42 Å². The van der Waals surface area contributed by atoms with Crippen LogP contribution in [0.2, 0.25) is 0 Å². The van der Waals surface area contributed by atoms with Crippen LogP contribution in [0.1, 0.15) is 36.8 Å². The summed E-state index contributed by atoms with van der Waals surface area (Å²) in [5.41, 5.74) is 3.59. The molecule has 2 heteroatoms. The third kappa shape index (κ3) is 2.68. The van der Waals surface area contributed by atoms with E-state index in [1.54, 1.807) is 0 Å². The third-order valence-corrected chi connectivity index (χ3v) is 5.89. The summed E-state index contributed by atoms with van der Waals surface area (Å²) in [6.45, 7) is 2.90. The zero-order valence-electron chi connectivity index (χ0n) is 16.1. The molecule has 5 rings (SSSR count). The van der Waals surface area contributed by atoms with Crippen molar-refractivity contribution in [3.8, 4) is 0 Å². The van der Waals surface area contributed by atoms with Gasteiger partial charge in [-0.3, -0.25) is 4.79 Å². The monoisotopic (exact) mass is 365 g/mol. The van der Waals surface area contributed by atoms with Crippen LogP contribution in [-0.4, -0.2) is 12.5 Å². The second-order valence-corrected chi connectivity index (χ2v) is 7.63. The molecule has 0 N–H and O–H groups in total. The molecule has 1 heterocycles. The highest BCUT2D eigenvalue weighted by Gasteiger charge is 2.33. The van der Waals surface area contributed by atoms with Gasteiger partial charge in [0.05, 0.1) is 0 Å². The van der Waals surface area contributed by atoms with Crippen molar-refractivity contribution in [2.75, 3.05) is 11.4 Å². The first-order valence-electron chi connectivity index (χ1n) is 10.1. The van der Waals surface area contributed by atoms with Gasteiger partial charge in [0, 0.05) is 24.6 Å². The predicted octanol–water partition coefficient (Wildman–Crippen LogP) is 6.27. The van der Waals surface area contributed by atoms with Gasteiger partial charge in [0.15, 0.2) is 0 Å². The van der Waals surface area contributed by atoms with Crippen molar-refractivity contribution < 1.29 is 4.79 Å². The summed E-state index contributed by atoms with van der Waals surface area (Å²) in [6.07, 6.45) is 1.48. The fourth-order valence-corrected chi connectivity index (χ4v) is 4.58. The minimum atomic E-state index is 0.0892. The van der Waals surface area contributed by atoms with Crippen LogP contribution >= 0.6 is 0 Å². The summed E-state index contributed by atoms with van der Waals surface area (Å²) < 4.78 is 0. The first-order valence-corrected chi connectivity index (χ1v) is 10.1. The van der Waals surface area contributed by atoms with Gasteiger partial charge in [0.25, 0.3) is 0 Å². The lowest BCUT2D eigenvalue weighted by Gasteiger charge is -2.35. The van der Waals surface area contributed by atoms with Crippen molar-refractivity contribution in [1.82, 2.24) is 0 Å². The molecule has 1 aliphatic heterocycles. The Labute approximate surface area is 165 Å². The van der Waals surface area contributed by atoms with Crippen molar-refractivity contribution in [3.63, 3.8) is 0 Å². The van der Waals surface area contributed by atoms with E-state index in [-0.39, 0.29) is 11.8 Å². The molecule has 4 aromatic rings. The molecule has 4 aromatic carbocycles. The summed E-state index contributed by atoms with van der Waals surface area (Å²) in [6, 6.07) is 27.9. The Bertz CT molecular complexity index is 1190. The van der Waals surface area contributed by atoms with Crippen LogP contribution in [0.25, 0.3) is 21.5 Å². The fourth-order valence-electron chi connectivity index (χ4n) is 4.58. The molecule has 1 atom stereocenters. The minimum Gasteiger partial charge on any atom is -0.312 e. The Morgan fingerprint density at radius 2 is 1.57 bits per heavy atom. The number of fused-ring (bicyclic) bond motifs is 4. The Morgan fingerprint density at radius 3 is 2.39 bits per heavy atom. The van der Waals surface area contributed by atoms with Crippen molar-refractivity contribution >= 4 is 33.1 Å². The lowest BCUT2D eigenvalue weighted by atomic mass is 9.80. The number of benzene rings is 4. The van der Waals surface area contributed by atoms with Gasteiger partial charge < -0.3 is 4.90 Å². The number of hydrogen-bond donors (Lipinski definition) is 0. The largest absolute Gasteiger partial charge is 0.312 e. The van der Waals surface area contributed by atoms with Gasteiger partial charge in [-0.1, -0.05) is 79.7 Å². The summed E-state index contributed by atoms with van der Waals surface area (Å²) in [5, 5.41) is 4.95. The molecule has 0 radical (unpaired) electrons. The van der Waals surface area contributed by atoms with E-state index in [9.17, 15) is 4.79 Å². The molecule has 1 aliphatic rings. The average Bonchev–Trinajstić information content (AvgIpc) is 2.74. The van der Waals surface area contributed by atoms with Crippen molar-refractivity contribution in [2.24, 2.45) is 0 Å². The first kappa shape index (κ1) is 17.0. The molecular formula is C26H23NO. The van der Waals surface area contributed by atoms with E-state index < -0.39 is 0 Å². The van der Waals surface area contributed by atoms with E-state index in [0.717, 1.165) is 18.7 Å². The molecule has 0 saturated carbocycles. The van der Waals surface area contributed by atoms with Gasteiger partial charge in [-0.05, 0) is 45.2 Å². The maximum atomic E-state index is 13.1. The standard InChI is InChI=1S/C26H23NO/c1-2-15-27-24-14-13-19-8-5-6-10-22(19)26(24)23(17-25(27)28)21-12-11-18-7-3-4-9-20(18)16-21/h3-14,16,23H,2,15,17H2,1H3. The molecular weight excluding hydrogens is 342 g/mol. The van der Waals surface area contributed by atoms with E-state index in [4.69, 9.17) is 0 Å². The van der Waals surface area contributed by atoms with E-state index in [1.807, 2.05) is 4.90 Å². The minimum absolute atomic E-state index is 0.0892. The Balaban J connectivity index is 1.75. The summed E-state index contributed by atoms with van der Waals surface area (Å²) in [4.78, 5) is 15.0. The normalized spacial score (nSPS) is 16.5. The van der Waals surface area contributed by atoms with Crippen LogP contribution in [0.3, 0.4) is 0 Å². The zero-order valence-corrected chi connectivity index (χ0v) is 16.1. The number of rotatable bonds is 3. The molecule has 28 heavy (non-hydrogen) atoms. The molecule has 2 nitrogen and oxygen atoms in total. The molecule has 1 unspecified atom stereocenters. The molecule has 0 aromatic heterocycles. The molecule has 0 saturated heterocycles. The van der Waals surface area contributed by atoms with Crippen LogP contribution in [-0.2, 0) is 4.79 Å². The summed E-state index contributed by atoms with van der Waals surface area (Å²) in [5.74, 6) is 0.314. The summed E-state index contributed by atoms with van der Waals surface area (Å²) >= 11 is 0. The van der Waals surface area contributed by atoms with Crippen LogP contribution in [0.4, 0.5) is 5.69 Å². The lowest BCUT2D eigenvalue weighted by molar-refractivity contribution is -0.119. The molecule has 138 valence electrons. The van der Waals surface area contributed by atoms with Crippen LogP contribution in [0, 0.1) is 0 Å². The first-order chi connectivity index (χ1) is 13.8. The van der Waals surface area contributed by atoms with Crippen molar-refractivity contribution in [3.05, 3.63) is 90.0 Å². The Morgan fingerprint density at radius 1 is 0.857 bits per heavy atom. The van der Waals surface area contributed by atoms with Gasteiger partial charge in [0.2, 0.25) is 5.91 Å². The van der Waals surface area contributed by atoms with Crippen molar-refractivity contribution in [2.45, 2.75) is 25.7 Å². The summed E-state index contributed by atoms with van der Waals surface area (Å²) in [7, 11) is 0. The SMILES string of the molecule is CCCN1C(=O)CC(c2ccc3ccccc3c2)c2c1ccc1ccccc21. The number of amides is 1. The second kappa shape index (κ2) is 6.79. The highest BCUT2D eigenvalue weighted by atomic mass is 16.2. The number of carbonyl (C=O) groups is 1. The molecule has 0 fully saturated rings. The van der Waals surface area contributed by atoms with Crippen molar-refractivity contribution in [1.29, 1.82) is 0 Å². The Hall–Kier alpha value is -3.13. The van der Waals surface area contributed by atoms with Crippen LogP contribution in [0.5, 0.6) is 0 Å². The van der Waals surface area contributed by atoms with Gasteiger partial charge in [-0.25, -0.2) is 0 Å². The van der Waals surface area contributed by atoms with Gasteiger partial charge in [-0.2, -0.15) is 0 Å². The third-order valence-electron chi connectivity index (χ3n) is 5.89. The smallest absolute Gasteiger partial charge is 0.227 e. The quantitative estimate of drug-likeness (QED) is 0.419. The molecule has 0 aliphatic carbocycles. The molecule has 1 amide bonds. The fraction of sp³-hybridized carbons (Fsp3) is 0.192.